The fourth-order valence-electron chi connectivity index (χ4n) is 1.25. The second-order valence-corrected chi connectivity index (χ2v) is 2.76. The summed E-state index contributed by atoms with van der Waals surface area (Å²) in [4.78, 5) is 0. The van der Waals surface area contributed by atoms with Crippen LogP contribution in [0.2, 0.25) is 0 Å². The quantitative estimate of drug-likeness (QED) is 0.361. The average Bonchev–Trinajstić information content (AvgIpc) is 2.14. The van der Waals surface area contributed by atoms with E-state index in [1.165, 1.54) is 12.1 Å². The van der Waals surface area contributed by atoms with Crippen LogP contribution in [0, 0.1) is 22.7 Å². The van der Waals surface area contributed by atoms with E-state index in [9.17, 15) is 18.4 Å². The van der Waals surface area contributed by atoms with Crippen LogP contribution in [0.1, 0.15) is 0 Å². The maximum atomic E-state index is 13.1. The molecular formula is C9H4F3NO. The van der Waals surface area contributed by atoms with Crippen LogP contribution < -0.4 is 4.73 Å². The Hall–Kier alpha value is -1.78. The molecule has 0 aliphatic carbocycles. The third kappa shape index (κ3) is 1.09. The Morgan fingerprint density at radius 1 is 1.14 bits per heavy atom. The molecule has 72 valence electrons. The Labute approximate surface area is 76.8 Å². The molecule has 0 N–H and O–H groups in total. The van der Waals surface area contributed by atoms with Crippen molar-refractivity contribution >= 4 is 10.9 Å². The largest absolute Gasteiger partial charge is 0.618 e. The number of halogens is 3. The lowest BCUT2D eigenvalue weighted by Crippen LogP contribution is -2.27. The lowest BCUT2D eigenvalue weighted by molar-refractivity contribution is -0.578. The van der Waals surface area contributed by atoms with E-state index in [-0.39, 0.29) is 10.1 Å². The van der Waals surface area contributed by atoms with Gasteiger partial charge in [0.1, 0.15) is 0 Å². The molecule has 1 heterocycles. The summed E-state index contributed by atoms with van der Waals surface area (Å²) in [5.41, 5.74) is -0.494. The normalized spacial score (nSPS) is 10.8. The van der Waals surface area contributed by atoms with Crippen LogP contribution in [-0.4, -0.2) is 0 Å². The fourth-order valence-corrected chi connectivity index (χ4v) is 1.25. The predicted octanol–water partition coefficient (Wildman–Crippen LogP) is 1.89. The molecular weight excluding hydrogens is 195 g/mol. The van der Waals surface area contributed by atoms with Gasteiger partial charge in [-0.05, 0) is 12.1 Å². The lowest BCUT2D eigenvalue weighted by Gasteiger charge is -2.02. The summed E-state index contributed by atoms with van der Waals surface area (Å²) < 4.78 is 38.7. The topological polar surface area (TPSA) is 26.9 Å². The first kappa shape index (κ1) is 8.80. The van der Waals surface area contributed by atoms with Gasteiger partial charge in [-0.3, -0.25) is 0 Å². The molecule has 1 aromatic carbocycles. The third-order valence-electron chi connectivity index (χ3n) is 1.88. The molecule has 0 saturated carbocycles. The minimum atomic E-state index is -1.63. The van der Waals surface area contributed by atoms with Crippen molar-refractivity contribution in [1.82, 2.24) is 0 Å². The van der Waals surface area contributed by atoms with Crippen molar-refractivity contribution < 1.29 is 17.9 Å². The zero-order valence-corrected chi connectivity index (χ0v) is 6.80. The molecule has 2 aromatic rings. The second-order valence-electron chi connectivity index (χ2n) is 2.76. The van der Waals surface area contributed by atoms with Gasteiger partial charge in [0.2, 0.25) is 11.6 Å². The summed E-state index contributed by atoms with van der Waals surface area (Å²) in [5.74, 6) is -4.40. The zero-order chi connectivity index (χ0) is 10.3. The Morgan fingerprint density at radius 2 is 1.86 bits per heavy atom. The van der Waals surface area contributed by atoms with E-state index >= 15 is 0 Å². The minimum absolute atomic E-state index is 0.0268. The number of aromatic nitrogens is 1. The van der Waals surface area contributed by atoms with E-state index < -0.39 is 23.0 Å². The van der Waals surface area contributed by atoms with Crippen molar-refractivity contribution in [2.75, 3.05) is 0 Å². The molecule has 0 aliphatic rings. The molecule has 0 fully saturated rings. The summed E-state index contributed by atoms with van der Waals surface area (Å²) in [7, 11) is 0. The van der Waals surface area contributed by atoms with Crippen molar-refractivity contribution in [2.45, 2.75) is 0 Å². The van der Waals surface area contributed by atoms with Crippen LogP contribution in [0.4, 0.5) is 13.2 Å². The number of nitrogens with zero attached hydrogens (tertiary/aromatic N) is 1. The van der Waals surface area contributed by atoms with Crippen molar-refractivity contribution in [1.29, 1.82) is 0 Å². The van der Waals surface area contributed by atoms with Gasteiger partial charge in [-0.1, -0.05) is 0 Å². The fraction of sp³-hybridized carbons (Fsp3) is 0. The smallest absolute Gasteiger partial charge is 0.263 e. The Bertz CT molecular complexity index is 513. The number of fused-ring (bicyclic) bond motifs is 1. The van der Waals surface area contributed by atoms with E-state index in [0.29, 0.717) is 0 Å². The number of benzene rings is 1. The van der Waals surface area contributed by atoms with Gasteiger partial charge in [0.05, 0.1) is 5.39 Å². The molecule has 0 radical (unpaired) electrons. The van der Waals surface area contributed by atoms with Gasteiger partial charge in [0.15, 0.2) is 12.0 Å². The van der Waals surface area contributed by atoms with Crippen molar-refractivity contribution in [3.63, 3.8) is 0 Å². The van der Waals surface area contributed by atoms with E-state index in [4.69, 9.17) is 0 Å². The summed E-state index contributed by atoms with van der Waals surface area (Å²) in [5, 5.41) is 11.1. The number of rotatable bonds is 0. The Balaban J connectivity index is 2.99. The second kappa shape index (κ2) is 2.87. The molecule has 2 rings (SSSR count). The van der Waals surface area contributed by atoms with Gasteiger partial charge in [0.25, 0.3) is 5.52 Å². The van der Waals surface area contributed by atoms with Crippen LogP contribution in [0.5, 0.6) is 0 Å². The first-order chi connectivity index (χ1) is 6.61. The molecule has 0 amide bonds. The summed E-state index contributed by atoms with van der Waals surface area (Å²) in [6, 6.07) is 3.43. The van der Waals surface area contributed by atoms with Crippen molar-refractivity contribution in [3.8, 4) is 0 Å². The molecule has 2 nitrogen and oxygen atoms in total. The van der Waals surface area contributed by atoms with Gasteiger partial charge in [0, 0.05) is 6.07 Å². The summed E-state index contributed by atoms with van der Waals surface area (Å²) in [6.45, 7) is 0. The lowest BCUT2D eigenvalue weighted by atomic mass is 10.2. The molecule has 5 heteroatoms. The van der Waals surface area contributed by atoms with E-state index in [0.717, 1.165) is 12.3 Å². The average molecular weight is 199 g/mol. The van der Waals surface area contributed by atoms with Gasteiger partial charge in [-0.25, -0.2) is 8.78 Å². The summed E-state index contributed by atoms with van der Waals surface area (Å²) >= 11 is 0. The monoisotopic (exact) mass is 199 g/mol. The van der Waals surface area contributed by atoms with E-state index in [1.54, 1.807) is 0 Å². The molecule has 0 bridgehead atoms. The zero-order valence-electron chi connectivity index (χ0n) is 6.80. The third-order valence-corrected chi connectivity index (χ3v) is 1.88. The Morgan fingerprint density at radius 3 is 2.57 bits per heavy atom. The van der Waals surface area contributed by atoms with Gasteiger partial charge in [-0.15, -0.1) is 0 Å². The van der Waals surface area contributed by atoms with Crippen LogP contribution in [0.25, 0.3) is 10.9 Å². The highest BCUT2D eigenvalue weighted by Gasteiger charge is 2.19. The SMILES string of the molecule is [O-][n+]1cccc2cc(F)c(F)c(F)c21. The van der Waals surface area contributed by atoms with Crippen LogP contribution in [0.3, 0.4) is 0 Å². The van der Waals surface area contributed by atoms with Gasteiger partial charge >= 0.3 is 0 Å². The predicted molar refractivity (Wildman–Crippen MR) is 42.8 cm³/mol. The molecule has 1 aromatic heterocycles. The van der Waals surface area contributed by atoms with Crippen molar-refractivity contribution in [2.24, 2.45) is 0 Å². The maximum Gasteiger partial charge on any atom is 0.263 e. The molecule has 0 unspecified atom stereocenters. The number of hydrogen-bond donors (Lipinski definition) is 0. The number of pyridine rings is 1. The van der Waals surface area contributed by atoms with E-state index in [2.05, 4.69) is 0 Å². The highest BCUT2D eigenvalue weighted by Crippen LogP contribution is 2.19. The molecule has 0 spiro atoms. The maximum absolute atomic E-state index is 13.1. The van der Waals surface area contributed by atoms with Crippen LogP contribution >= 0.6 is 0 Å². The minimum Gasteiger partial charge on any atom is -0.618 e. The number of hydrogen-bond acceptors (Lipinski definition) is 1. The first-order valence-corrected chi connectivity index (χ1v) is 3.76. The standard InChI is InChI=1S/C9H4F3NO/c10-6-4-5-2-1-3-13(14)9(5)8(12)7(6)11/h1-4H. The Kier molecular flexibility index (Phi) is 1.80. The van der Waals surface area contributed by atoms with Gasteiger partial charge in [-0.2, -0.15) is 9.12 Å². The van der Waals surface area contributed by atoms with Crippen LogP contribution in [0.15, 0.2) is 24.4 Å². The molecule has 0 saturated heterocycles. The molecule has 0 atom stereocenters. The van der Waals surface area contributed by atoms with Crippen molar-refractivity contribution in [3.05, 3.63) is 47.1 Å². The highest BCUT2D eigenvalue weighted by molar-refractivity contribution is 5.76. The first-order valence-electron chi connectivity index (χ1n) is 3.76. The van der Waals surface area contributed by atoms with Crippen LogP contribution in [-0.2, 0) is 0 Å². The van der Waals surface area contributed by atoms with Gasteiger partial charge < -0.3 is 5.21 Å². The highest BCUT2D eigenvalue weighted by atomic mass is 19.2. The summed E-state index contributed by atoms with van der Waals surface area (Å²) in [6.07, 6.45) is 1.02. The van der Waals surface area contributed by atoms with E-state index in [1.807, 2.05) is 0 Å². The molecule has 0 aliphatic heterocycles. The molecule has 14 heavy (non-hydrogen) atoms.